The fourth-order valence-corrected chi connectivity index (χ4v) is 3.45. The van der Waals surface area contributed by atoms with Gasteiger partial charge in [0.25, 0.3) is 11.6 Å². The molecule has 8 heteroatoms. The van der Waals surface area contributed by atoms with Crippen molar-refractivity contribution in [1.29, 1.82) is 0 Å². The molecule has 1 aromatic carbocycles. The van der Waals surface area contributed by atoms with E-state index in [4.69, 9.17) is 4.74 Å². The van der Waals surface area contributed by atoms with Gasteiger partial charge in [-0.3, -0.25) is 4.79 Å². The second-order valence-corrected chi connectivity index (χ2v) is 6.31. The standard InChI is InChI=1S/C17H19F3N2O3/c1-25-12-9-7-11(8-10-12)15(23)22-16(24,17(18,19)20)13-5-3-2-4-6-14(13)21-22/h7-10,13,24H,2-6H2,1H3/t13-,16+/m1/s1. The van der Waals surface area contributed by atoms with Crippen molar-refractivity contribution in [3.63, 3.8) is 0 Å². The summed E-state index contributed by atoms with van der Waals surface area (Å²) in [7, 11) is 1.44. The van der Waals surface area contributed by atoms with Crippen LogP contribution < -0.4 is 4.74 Å². The summed E-state index contributed by atoms with van der Waals surface area (Å²) in [5.41, 5.74) is -3.05. The molecule has 1 aliphatic carbocycles. The normalized spacial score (nSPS) is 26.7. The molecule has 1 aromatic rings. The molecule has 0 saturated heterocycles. The van der Waals surface area contributed by atoms with Crippen LogP contribution in [0.25, 0.3) is 0 Å². The van der Waals surface area contributed by atoms with E-state index in [9.17, 15) is 23.1 Å². The molecule has 3 rings (SSSR count). The van der Waals surface area contributed by atoms with E-state index >= 15 is 0 Å². The van der Waals surface area contributed by atoms with E-state index in [1.54, 1.807) is 0 Å². The molecule has 0 aromatic heterocycles. The number of hydrogen-bond acceptors (Lipinski definition) is 4. The van der Waals surface area contributed by atoms with Crippen LogP contribution in [0.1, 0.15) is 42.5 Å². The average molecular weight is 356 g/mol. The number of rotatable bonds is 2. The number of hydrogen-bond donors (Lipinski definition) is 1. The number of methoxy groups -OCH3 is 1. The molecule has 1 N–H and O–H groups in total. The summed E-state index contributed by atoms with van der Waals surface area (Å²) in [4.78, 5) is 12.7. The second kappa shape index (κ2) is 6.33. The fraction of sp³-hybridized carbons (Fsp3) is 0.529. The monoisotopic (exact) mass is 356 g/mol. The maximum atomic E-state index is 13.8. The zero-order valence-corrected chi connectivity index (χ0v) is 13.7. The van der Waals surface area contributed by atoms with E-state index in [0.717, 1.165) is 6.42 Å². The molecule has 0 bridgehead atoms. The minimum atomic E-state index is -5.00. The predicted octanol–water partition coefficient (Wildman–Crippen LogP) is 3.34. The molecule has 1 saturated carbocycles. The number of aliphatic hydroxyl groups is 1. The van der Waals surface area contributed by atoms with Gasteiger partial charge in [0.05, 0.1) is 13.0 Å². The van der Waals surface area contributed by atoms with Crippen molar-refractivity contribution in [3.05, 3.63) is 29.8 Å². The van der Waals surface area contributed by atoms with Crippen molar-refractivity contribution in [2.75, 3.05) is 7.11 Å². The summed E-state index contributed by atoms with van der Waals surface area (Å²) in [6, 6.07) is 5.65. The minimum Gasteiger partial charge on any atom is -0.497 e. The van der Waals surface area contributed by atoms with E-state index < -0.39 is 23.7 Å². The Kier molecular flexibility index (Phi) is 4.49. The van der Waals surface area contributed by atoms with Crippen LogP contribution in [-0.4, -0.2) is 40.7 Å². The van der Waals surface area contributed by atoms with Crippen LogP contribution in [0.15, 0.2) is 29.4 Å². The topological polar surface area (TPSA) is 62.1 Å². The first kappa shape index (κ1) is 17.7. The second-order valence-electron chi connectivity index (χ2n) is 6.31. The fourth-order valence-electron chi connectivity index (χ4n) is 3.45. The lowest BCUT2D eigenvalue weighted by atomic mass is 9.87. The van der Waals surface area contributed by atoms with Gasteiger partial charge in [0.15, 0.2) is 0 Å². The summed E-state index contributed by atoms with van der Waals surface area (Å²) in [5.74, 6) is -1.72. The molecule has 0 unspecified atom stereocenters. The molecule has 136 valence electrons. The number of alkyl halides is 3. The van der Waals surface area contributed by atoms with Gasteiger partial charge in [0, 0.05) is 11.3 Å². The van der Waals surface area contributed by atoms with Crippen LogP contribution >= 0.6 is 0 Å². The summed E-state index contributed by atoms with van der Waals surface area (Å²) in [5, 5.41) is 14.7. The maximum absolute atomic E-state index is 13.8. The molecule has 0 radical (unpaired) electrons. The Bertz CT molecular complexity index is 687. The van der Waals surface area contributed by atoms with Gasteiger partial charge in [-0.15, -0.1) is 0 Å². The molecule has 1 fully saturated rings. The molecular formula is C17H19F3N2O3. The van der Waals surface area contributed by atoms with Gasteiger partial charge >= 0.3 is 6.18 Å². The maximum Gasteiger partial charge on any atom is 0.439 e. The van der Waals surface area contributed by atoms with Crippen molar-refractivity contribution < 1.29 is 27.8 Å². The minimum absolute atomic E-state index is 0.00397. The molecule has 2 aliphatic rings. The molecule has 0 spiro atoms. The van der Waals surface area contributed by atoms with Crippen molar-refractivity contribution >= 4 is 11.6 Å². The Morgan fingerprint density at radius 1 is 1.28 bits per heavy atom. The van der Waals surface area contributed by atoms with Crippen molar-refractivity contribution in [3.8, 4) is 5.75 Å². The SMILES string of the molecule is COc1ccc(C(=O)N2N=C3CCCCC[C@H]3[C@]2(O)C(F)(F)F)cc1. The third kappa shape index (κ3) is 2.88. The number of amides is 1. The number of nitrogens with zero attached hydrogens (tertiary/aromatic N) is 2. The Morgan fingerprint density at radius 2 is 1.96 bits per heavy atom. The van der Waals surface area contributed by atoms with Gasteiger partial charge in [-0.1, -0.05) is 12.8 Å². The zero-order chi connectivity index (χ0) is 18.2. The summed E-state index contributed by atoms with van der Waals surface area (Å²) >= 11 is 0. The molecule has 2 atom stereocenters. The highest BCUT2D eigenvalue weighted by Gasteiger charge is 2.68. The van der Waals surface area contributed by atoms with Crippen molar-refractivity contribution in [2.45, 2.75) is 44.0 Å². The van der Waals surface area contributed by atoms with Crippen LogP contribution in [0, 0.1) is 5.92 Å². The molecule has 5 nitrogen and oxygen atoms in total. The lowest BCUT2D eigenvalue weighted by Crippen LogP contribution is -2.61. The van der Waals surface area contributed by atoms with Gasteiger partial charge < -0.3 is 9.84 Å². The van der Waals surface area contributed by atoms with E-state index in [0.29, 0.717) is 25.0 Å². The molecule has 1 amide bonds. The molecule has 1 heterocycles. The zero-order valence-electron chi connectivity index (χ0n) is 13.7. The Labute approximate surface area is 143 Å². The van der Waals surface area contributed by atoms with Crippen LogP contribution in [0.4, 0.5) is 13.2 Å². The summed E-state index contributed by atoms with van der Waals surface area (Å²) in [6.45, 7) is 0. The first-order valence-corrected chi connectivity index (χ1v) is 8.14. The number of ether oxygens (including phenoxy) is 1. The Balaban J connectivity index is 2.00. The number of carbonyl (C=O) groups excluding carboxylic acids is 1. The predicted molar refractivity (Wildman–Crippen MR) is 84.2 cm³/mol. The first-order valence-electron chi connectivity index (χ1n) is 8.14. The lowest BCUT2D eigenvalue weighted by molar-refractivity contribution is -0.312. The highest BCUT2D eigenvalue weighted by Crippen LogP contribution is 2.48. The van der Waals surface area contributed by atoms with Gasteiger partial charge in [-0.25, -0.2) is 0 Å². The number of fused-ring (bicyclic) bond motifs is 1. The molecule has 25 heavy (non-hydrogen) atoms. The van der Waals surface area contributed by atoms with Crippen molar-refractivity contribution in [2.24, 2.45) is 11.0 Å². The number of benzene rings is 1. The lowest BCUT2D eigenvalue weighted by Gasteiger charge is -2.37. The van der Waals surface area contributed by atoms with Crippen LogP contribution in [0.3, 0.4) is 0 Å². The first-order chi connectivity index (χ1) is 11.8. The Morgan fingerprint density at radius 3 is 2.56 bits per heavy atom. The number of hydrazone groups is 1. The van der Waals surface area contributed by atoms with Crippen LogP contribution in [0.2, 0.25) is 0 Å². The molecule has 1 aliphatic heterocycles. The molecular weight excluding hydrogens is 337 g/mol. The highest BCUT2D eigenvalue weighted by atomic mass is 19.4. The van der Waals surface area contributed by atoms with Gasteiger partial charge in [0.1, 0.15) is 5.75 Å². The number of carbonyl (C=O) groups is 1. The largest absolute Gasteiger partial charge is 0.497 e. The highest BCUT2D eigenvalue weighted by molar-refractivity contribution is 5.99. The van der Waals surface area contributed by atoms with Crippen LogP contribution in [0.5, 0.6) is 5.75 Å². The Hall–Kier alpha value is -2.09. The number of halogens is 3. The van der Waals surface area contributed by atoms with E-state index in [1.165, 1.54) is 31.4 Å². The van der Waals surface area contributed by atoms with Crippen molar-refractivity contribution in [1.82, 2.24) is 5.01 Å². The quantitative estimate of drug-likeness (QED) is 0.884. The third-order valence-corrected chi connectivity index (χ3v) is 4.81. The van der Waals surface area contributed by atoms with E-state index in [-0.39, 0.29) is 22.7 Å². The third-order valence-electron chi connectivity index (χ3n) is 4.81. The van der Waals surface area contributed by atoms with Gasteiger partial charge in [0.2, 0.25) is 0 Å². The summed E-state index contributed by atoms with van der Waals surface area (Å²) < 4.78 is 46.2. The smallest absolute Gasteiger partial charge is 0.439 e. The average Bonchev–Trinajstić information content (AvgIpc) is 2.74. The van der Waals surface area contributed by atoms with Gasteiger partial charge in [-0.2, -0.15) is 23.3 Å². The summed E-state index contributed by atoms with van der Waals surface area (Å²) in [6.07, 6.45) is -2.44. The van der Waals surface area contributed by atoms with Crippen LogP contribution in [-0.2, 0) is 0 Å². The van der Waals surface area contributed by atoms with E-state index in [1.807, 2.05) is 0 Å². The van der Waals surface area contributed by atoms with E-state index in [2.05, 4.69) is 5.10 Å². The van der Waals surface area contributed by atoms with Gasteiger partial charge in [-0.05, 0) is 43.5 Å².